The number of hydrogen-bond acceptors (Lipinski definition) is 6. The molecule has 154 valence electrons. The lowest BCUT2D eigenvalue weighted by molar-refractivity contribution is -0.120. The monoisotopic (exact) mass is 396 g/mol. The Balaban J connectivity index is 1.66. The van der Waals surface area contributed by atoms with Gasteiger partial charge in [-0.3, -0.25) is 9.79 Å². The number of hydrazone groups is 1. The molecule has 3 N–H and O–H groups in total. The standard InChI is InChI=1S/C21H28N6O2/c1-15-13-27(14-24-15)19-9-8-16(10-20(19)29-2)18(26-22)11-23-12-21(28)25-17-6-4-3-5-7-17/h8-11,13-14,17H,3-7,12,22H2,1-2H3,(H,25,28)/b23-11?,26-18+. The van der Waals surface area contributed by atoms with E-state index in [0.29, 0.717) is 11.5 Å². The summed E-state index contributed by atoms with van der Waals surface area (Å²) in [5, 5.41) is 6.86. The fraction of sp³-hybridized carbons (Fsp3) is 0.429. The number of aromatic nitrogens is 2. The normalized spacial score (nSPS) is 15.6. The second-order valence-corrected chi connectivity index (χ2v) is 7.20. The van der Waals surface area contributed by atoms with Crippen LogP contribution in [0.1, 0.15) is 43.4 Å². The minimum absolute atomic E-state index is 0.0546. The maximum Gasteiger partial charge on any atom is 0.241 e. The number of hydrogen-bond donors (Lipinski definition) is 2. The number of carbonyl (C=O) groups is 1. The Kier molecular flexibility index (Phi) is 6.99. The highest BCUT2D eigenvalue weighted by Crippen LogP contribution is 2.24. The first-order valence-electron chi connectivity index (χ1n) is 9.87. The van der Waals surface area contributed by atoms with Crippen molar-refractivity contribution >= 4 is 17.8 Å². The molecule has 1 aromatic heterocycles. The number of methoxy groups -OCH3 is 1. The van der Waals surface area contributed by atoms with E-state index in [9.17, 15) is 4.79 Å². The minimum atomic E-state index is -0.0760. The van der Waals surface area contributed by atoms with Crippen molar-refractivity contribution in [3.8, 4) is 11.4 Å². The molecule has 3 rings (SSSR count). The summed E-state index contributed by atoms with van der Waals surface area (Å²) in [6, 6.07) is 5.90. The maximum absolute atomic E-state index is 12.1. The molecule has 0 atom stereocenters. The summed E-state index contributed by atoms with van der Waals surface area (Å²) in [7, 11) is 1.61. The molecule has 1 amide bonds. The maximum atomic E-state index is 12.1. The van der Waals surface area contributed by atoms with Gasteiger partial charge in [0.25, 0.3) is 0 Å². The van der Waals surface area contributed by atoms with Crippen LogP contribution < -0.4 is 15.9 Å². The number of nitrogens with two attached hydrogens (primary N) is 1. The van der Waals surface area contributed by atoms with E-state index in [1.54, 1.807) is 13.4 Å². The third-order valence-electron chi connectivity index (χ3n) is 5.02. The summed E-state index contributed by atoms with van der Waals surface area (Å²) in [5.74, 6) is 6.14. The Morgan fingerprint density at radius 1 is 1.38 bits per heavy atom. The van der Waals surface area contributed by atoms with E-state index in [1.165, 1.54) is 25.5 Å². The first kappa shape index (κ1) is 20.6. The van der Waals surface area contributed by atoms with Gasteiger partial charge in [0, 0.05) is 24.0 Å². The van der Waals surface area contributed by atoms with Crippen LogP contribution in [0.25, 0.3) is 5.69 Å². The van der Waals surface area contributed by atoms with Crippen molar-refractivity contribution in [2.45, 2.75) is 45.1 Å². The van der Waals surface area contributed by atoms with E-state index in [2.05, 4.69) is 20.4 Å². The lowest BCUT2D eigenvalue weighted by Crippen LogP contribution is -2.37. The van der Waals surface area contributed by atoms with E-state index in [0.717, 1.165) is 29.8 Å². The lowest BCUT2D eigenvalue weighted by atomic mass is 9.95. The molecule has 0 radical (unpaired) electrons. The van der Waals surface area contributed by atoms with Crippen molar-refractivity contribution in [3.05, 3.63) is 42.0 Å². The number of nitrogens with zero attached hydrogens (tertiary/aromatic N) is 4. The molecule has 0 bridgehead atoms. The van der Waals surface area contributed by atoms with Gasteiger partial charge in [-0.1, -0.05) is 25.3 Å². The van der Waals surface area contributed by atoms with Crippen molar-refractivity contribution < 1.29 is 9.53 Å². The molecule has 2 aromatic rings. The predicted molar refractivity (Wildman–Crippen MR) is 114 cm³/mol. The summed E-state index contributed by atoms with van der Waals surface area (Å²) in [6.45, 7) is 1.98. The van der Waals surface area contributed by atoms with Crippen LogP contribution in [0, 0.1) is 6.92 Å². The van der Waals surface area contributed by atoms with E-state index in [-0.39, 0.29) is 18.5 Å². The first-order valence-corrected chi connectivity index (χ1v) is 9.87. The highest BCUT2D eigenvalue weighted by atomic mass is 16.5. The molecule has 1 fully saturated rings. The van der Waals surface area contributed by atoms with Gasteiger partial charge >= 0.3 is 0 Å². The number of rotatable bonds is 7. The van der Waals surface area contributed by atoms with Crippen LogP contribution in [-0.4, -0.2) is 47.1 Å². The van der Waals surface area contributed by atoms with Crippen LogP contribution in [-0.2, 0) is 4.79 Å². The van der Waals surface area contributed by atoms with Gasteiger partial charge in [-0.2, -0.15) is 5.10 Å². The average Bonchev–Trinajstić information content (AvgIpc) is 3.17. The Bertz CT molecular complexity index is 896. The number of benzene rings is 1. The van der Waals surface area contributed by atoms with Crippen molar-refractivity contribution in [2.24, 2.45) is 15.9 Å². The predicted octanol–water partition coefficient (Wildman–Crippen LogP) is 2.37. The lowest BCUT2D eigenvalue weighted by Gasteiger charge is -2.22. The molecule has 0 saturated heterocycles. The molecule has 1 aromatic carbocycles. The number of aliphatic imine (C=N–C) groups is 1. The van der Waals surface area contributed by atoms with E-state index < -0.39 is 0 Å². The number of ether oxygens (including phenoxy) is 1. The summed E-state index contributed by atoms with van der Waals surface area (Å²) < 4.78 is 7.41. The van der Waals surface area contributed by atoms with E-state index >= 15 is 0 Å². The minimum Gasteiger partial charge on any atom is -0.495 e. The topological polar surface area (TPSA) is 107 Å². The van der Waals surface area contributed by atoms with Gasteiger partial charge < -0.3 is 20.5 Å². The third kappa shape index (κ3) is 5.43. The molecule has 0 aliphatic heterocycles. The van der Waals surface area contributed by atoms with Gasteiger partial charge in [-0.15, -0.1) is 0 Å². The Morgan fingerprint density at radius 3 is 2.83 bits per heavy atom. The summed E-state index contributed by atoms with van der Waals surface area (Å²) in [4.78, 5) is 20.6. The van der Waals surface area contributed by atoms with Gasteiger partial charge in [0.05, 0.1) is 24.8 Å². The zero-order valence-corrected chi connectivity index (χ0v) is 17.0. The van der Waals surface area contributed by atoms with Crippen molar-refractivity contribution in [1.82, 2.24) is 14.9 Å². The van der Waals surface area contributed by atoms with Gasteiger partial charge in [0.15, 0.2) is 0 Å². The Morgan fingerprint density at radius 2 is 2.17 bits per heavy atom. The second kappa shape index (κ2) is 9.86. The number of nitrogens with one attached hydrogen (secondary N) is 1. The summed E-state index contributed by atoms with van der Waals surface area (Å²) >= 11 is 0. The average molecular weight is 396 g/mol. The number of carbonyl (C=O) groups excluding carboxylic acids is 1. The molecule has 1 saturated carbocycles. The molecule has 0 unspecified atom stereocenters. The molecule has 29 heavy (non-hydrogen) atoms. The molecule has 8 nitrogen and oxygen atoms in total. The van der Waals surface area contributed by atoms with Crippen LogP contribution in [0.4, 0.5) is 0 Å². The van der Waals surface area contributed by atoms with Crippen LogP contribution in [0.2, 0.25) is 0 Å². The third-order valence-corrected chi connectivity index (χ3v) is 5.02. The van der Waals surface area contributed by atoms with Gasteiger partial charge in [0.2, 0.25) is 5.91 Å². The largest absolute Gasteiger partial charge is 0.495 e. The van der Waals surface area contributed by atoms with Crippen LogP contribution in [0.15, 0.2) is 40.8 Å². The molecule has 0 spiro atoms. The smallest absolute Gasteiger partial charge is 0.241 e. The quantitative estimate of drug-likeness (QED) is 0.426. The Labute approximate surface area is 170 Å². The highest BCUT2D eigenvalue weighted by molar-refractivity contribution is 6.38. The highest BCUT2D eigenvalue weighted by Gasteiger charge is 2.15. The van der Waals surface area contributed by atoms with Gasteiger partial charge in [-0.05, 0) is 31.9 Å². The molecule has 1 aliphatic rings. The molecular formula is C21H28N6O2. The van der Waals surface area contributed by atoms with Crippen LogP contribution in [0.3, 0.4) is 0 Å². The summed E-state index contributed by atoms with van der Waals surface area (Å²) in [5.41, 5.74) is 3.00. The van der Waals surface area contributed by atoms with Crippen molar-refractivity contribution in [3.63, 3.8) is 0 Å². The SMILES string of the molecule is COc1cc(/C(C=NCC(=O)NC2CCCCC2)=N/N)ccc1-n1cnc(C)c1. The zero-order chi connectivity index (χ0) is 20.6. The molecular weight excluding hydrogens is 368 g/mol. The van der Waals surface area contributed by atoms with E-state index in [1.807, 2.05) is 35.9 Å². The number of imidazole rings is 1. The number of aryl methyl sites for hydroxylation is 1. The van der Waals surface area contributed by atoms with E-state index in [4.69, 9.17) is 10.6 Å². The first-order chi connectivity index (χ1) is 14.1. The van der Waals surface area contributed by atoms with Crippen LogP contribution >= 0.6 is 0 Å². The van der Waals surface area contributed by atoms with Crippen LogP contribution in [0.5, 0.6) is 5.75 Å². The molecule has 8 heteroatoms. The summed E-state index contributed by atoms with van der Waals surface area (Å²) in [6.07, 6.45) is 10.9. The van der Waals surface area contributed by atoms with Gasteiger partial charge in [0.1, 0.15) is 18.0 Å². The van der Waals surface area contributed by atoms with Gasteiger partial charge in [-0.25, -0.2) is 4.98 Å². The number of amides is 1. The Hall–Kier alpha value is -3.16. The fourth-order valence-corrected chi connectivity index (χ4v) is 3.52. The zero-order valence-electron chi connectivity index (χ0n) is 17.0. The van der Waals surface area contributed by atoms with Crippen molar-refractivity contribution in [1.29, 1.82) is 0 Å². The van der Waals surface area contributed by atoms with Crippen molar-refractivity contribution in [2.75, 3.05) is 13.7 Å². The second-order valence-electron chi connectivity index (χ2n) is 7.20. The molecule has 1 heterocycles. The molecule has 1 aliphatic carbocycles. The fourth-order valence-electron chi connectivity index (χ4n) is 3.52.